The lowest BCUT2D eigenvalue weighted by atomic mass is 10.1. The minimum Gasteiger partial charge on any atom is -0.342 e. The summed E-state index contributed by atoms with van der Waals surface area (Å²) in [4.78, 5) is 7.73. The normalized spacial score (nSPS) is 11.1. The van der Waals surface area contributed by atoms with Crippen LogP contribution in [0.4, 0.5) is 0 Å². The largest absolute Gasteiger partial charge is 0.342 e. The minimum absolute atomic E-state index is 0.509. The van der Waals surface area contributed by atoms with E-state index in [9.17, 15) is 0 Å². The molecule has 3 aromatic rings. The van der Waals surface area contributed by atoms with Crippen molar-refractivity contribution < 1.29 is 0 Å². The Labute approximate surface area is 125 Å². The first-order valence-electron chi connectivity index (χ1n) is 5.70. The molecule has 2 aromatic carbocycles. The van der Waals surface area contributed by atoms with Crippen molar-refractivity contribution in [1.29, 1.82) is 0 Å². The topological polar surface area (TPSA) is 28.7 Å². The predicted molar refractivity (Wildman–Crippen MR) is 80.4 cm³/mol. The monoisotopic (exact) mass is 310 g/mol. The minimum atomic E-state index is 0.509. The van der Waals surface area contributed by atoms with Gasteiger partial charge >= 0.3 is 0 Å². The Kier molecular flexibility index (Phi) is 3.40. The van der Waals surface area contributed by atoms with Crippen LogP contribution < -0.4 is 0 Å². The van der Waals surface area contributed by atoms with Gasteiger partial charge in [0.2, 0.25) is 0 Å². The van der Waals surface area contributed by atoms with E-state index in [1.165, 1.54) is 0 Å². The van der Waals surface area contributed by atoms with Crippen LogP contribution in [0.5, 0.6) is 0 Å². The molecular formula is C14H9Cl3N2. The lowest BCUT2D eigenvalue weighted by molar-refractivity contribution is 1.04. The van der Waals surface area contributed by atoms with Crippen LogP contribution in [0.25, 0.3) is 11.0 Å². The first-order chi connectivity index (χ1) is 9.11. The molecule has 0 saturated heterocycles. The van der Waals surface area contributed by atoms with Crippen LogP contribution in [-0.2, 0) is 6.42 Å². The zero-order valence-electron chi connectivity index (χ0n) is 9.75. The highest BCUT2D eigenvalue weighted by Crippen LogP contribution is 2.27. The highest BCUT2D eigenvalue weighted by Gasteiger charge is 2.07. The molecule has 2 nitrogen and oxygen atoms in total. The average molecular weight is 312 g/mol. The van der Waals surface area contributed by atoms with Gasteiger partial charge in [0.1, 0.15) is 5.82 Å². The number of nitrogens with zero attached hydrogens (tertiary/aromatic N) is 1. The molecule has 0 amide bonds. The molecule has 3 rings (SSSR count). The van der Waals surface area contributed by atoms with Gasteiger partial charge < -0.3 is 4.98 Å². The van der Waals surface area contributed by atoms with E-state index in [1.54, 1.807) is 12.1 Å². The molecule has 0 bridgehead atoms. The van der Waals surface area contributed by atoms with Crippen LogP contribution in [0, 0.1) is 0 Å². The lowest BCUT2D eigenvalue weighted by Crippen LogP contribution is -1.90. The van der Waals surface area contributed by atoms with E-state index in [4.69, 9.17) is 34.8 Å². The average Bonchev–Trinajstić information content (AvgIpc) is 2.71. The van der Waals surface area contributed by atoms with E-state index in [0.717, 1.165) is 27.4 Å². The molecule has 0 atom stereocenters. The van der Waals surface area contributed by atoms with E-state index in [0.29, 0.717) is 16.5 Å². The van der Waals surface area contributed by atoms with E-state index in [2.05, 4.69) is 9.97 Å². The summed E-state index contributed by atoms with van der Waals surface area (Å²) in [5, 5.41) is 1.75. The third kappa shape index (κ3) is 2.71. The van der Waals surface area contributed by atoms with E-state index in [1.807, 2.05) is 24.3 Å². The van der Waals surface area contributed by atoms with Gasteiger partial charge in [-0.1, -0.05) is 46.9 Å². The van der Waals surface area contributed by atoms with Crippen molar-refractivity contribution in [3.8, 4) is 0 Å². The quantitative estimate of drug-likeness (QED) is 0.699. The number of hydrogen-bond acceptors (Lipinski definition) is 1. The summed E-state index contributed by atoms with van der Waals surface area (Å²) in [5.74, 6) is 0.857. The first-order valence-corrected chi connectivity index (χ1v) is 6.83. The molecule has 96 valence electrons. The SMILES string of the molecule is Clc1cccc(Cc2nc3cc(Cl)c(Cl)cc3[nH]2)c1. The molecule has 5 heteroatoms. The van der Waals surface area contributed by atoms with Crippen LogP contribution in [0.15, 0.2) is 36.4 Å². The number of rotatable bonds is 2. The Morgan fingerprint density at radius 3 is 2.58 bits per heavy atom. The summed E-state index contributed by atoms with van der Waals surface area (Å²) in [6.45, 7) is 0. The molecule has 0 aliphatic heterocycles. The highest BCUT2D eigenvalue weighted by atomic mass is 35.5. The molecule has 19 heavy (non-hydrogen) atoms. The maximum Gasteiger partial charge on any atom is 0.111 e. The Morgan fingerprint density at radius 1 is 1.00 bits per heavy atom. The molecule has 1 aromatic heterocycles. The first kappa shape index (κ1) is 12.8. The van der Waals surface area contributed by atoms with Crippen molar-refractivity contribution in [2.45, 2.75) is 6.42 Å². The molecule has 0 aliphatic rings. The predicted octanol–water partition coefficient (Wildman–Crippen LogP) is 5.11. The molecule has 1 heterocycles. The second-order valence-electron chi connectivity index (χ2n) is 4.27. The van der Waals surface area contributed by atoms with Gasteiger partial charge in [-0.3, -0.25) is 0 Å². The highest BCUT2D eigenvalue weighted by molar-refractivity contribution is 6.42. The maximum atomic E-state index is 5.98. The summed E-state index contributed by atoms with van der Waals surface area (Å²) in [6, 6.07) is 11.3. The van der Waals surface area contributed by atoms with Gasteiger partial charge in [-0.15, -0.1) is 0 Å². The zero-order valence-corrected chi connectivity index (χ0v) is 12.0. The fourth-order valence-corrected chi connectivity index (χ4v) is 2.52. The number of fused-ring (bicyclic) bond motifs is 1. The molecule has 0 saturated carbocycles. The Morgan fingerprint density at radius 2 is 1.79 bits per heavy atom. The number of hydrogen-bond donors (Lipinski definition) is 1. The summed E-state index contributed by atoms with van der Waals surface area (Å²) < 4.78 is 0. The molecule has 0 radical (unpaired) electrons. The van der Waals surface area contributed by atoms with Crippen LogP contribution >= 0.6 is 34.8 Å². The van der Waals surface area contributed by atoms with Gasteiger partial charge in [0.05, 0.1) is 21.1 Å². The molecular weight excluding hydrogens is 303 g/mol. The Hall–Kier alpha value is -1.22. The molecule has 0 spiro atoms. The van der Waals surface area contributed by atoms with Crippen molar-refractivity contribution in [2.24, 2.45) is 0 Å². The van der Waals surface area contributed by atoms with E-state index < -0.39 is 0 Å². The summed E-state index contributed by atoms with van der Waals surface area (Å²) in [7, 11) is 0. The number of H-pyrrole nitrogens is 1. The maximum absolute atomic E-state index is 5.98. The molecule has 0 fully saturated rings. The fraction of sp³-hybridized carbons (Fsp3) is 0.0714. The molecule has 1 N–H and O–H groups in total. The van der Waals surface area contributed by atoms with Crippen LogP contribution in [0.3, 0.4) is 0 Å². The summed E-state index contributed by atoms with van der Waals surface area (Å²) >= 11 is 17.9. The zero-order chi connectivity index (χ0) is 13.4. The van der Waals surface area contributed by atoms with Gasteiger partial charge in [0.25, 0.3) is 0 Å². The van der Waals surface area contributed by atoms with E-state index >= 15 is 0 Å². The second-order valence-corrected chi connectivity index (χ2v) is 5.52. The number of nitrogens with one attached hydrogen (secondary N) is 1. The van der Waals surface area contributed by atoms with Crippen molar-refractivity contribution in [3.63, 3.8) is 0 Å². The van der Waals surface area contributed by atoms with Gasteiger partial charge in [-0.2, -0.15) is 0 Å². The van der Waals surface area contributed by atoms with Gasteiger partial charge in [-0.05, 0) is 29.8 Å². The van der Waals surface area contributed by atoms with Crippen LogP contribution in [0.1, 0.15) is 11.4 Å². The Bertz CT molecular complexity index is 711. The van der Waals surface area contributed by atoms with Crippen molar-refractivity contribution in [2.75, 3.05) is 0 Å². The third-order valence-corrected chi connectivity index (χ3v) is 3.79. The van der Waals surface area contributed by atoms with Crippen molar-refractivity contribution in [3.05, 3.63) is 62.9 Å². The fourth-order valence-electron chi connectivity index (χ4n) is 1.98. The third-order valence-electron chi connectivity index (χ3n) is 2.83. The van der Waals surface area contributed by atoms with E-state index in [-0.39, 0.29) is 0 Å². The molecule has 0 aliphatic carbocycles. The second kappa shape index (κ2) is 5.04. The van der Waals surface area contributed by atoms with Crippen LogP contribution in [0.2, 0.25) is 15.1 Å². The molecule has 0 unspecified atom stereocenters. The number of imidazole rings is 1. The van der Waals surface area contributed by atoms with Crippen molar-refractivity contribution in [1.82, 2.24) is 9.97 Å². The van der Waals surface area contributed by atoms with Gasteiger partial charge in [-0.25, -0.2) is 4.98 Å². The standard InChI is InChI=1S/C14H9Cl3N2/c15-9-3-1-2-8(4-9)5-14-18-12-6-10(16)11(17)7-13(12)19-14/h1-4,6-7H,5H2,(H,18,19). The van der Waals surface area contributed by atoms with Crippen molar-refractivity contribution >= 4 is 45.8 Å². The number of aromatic amines is 1. The Balaban J connectivity index is 1.97. The summed E-state index contributed by atoms with van der Waals surface area (Å²) in [5.41, 5.74) is 2.79. The van der Waals surface area contributed by atoms with Crippen LogP contribution in [-0.4, -0.2) is 9.97 Å². The van der Waals surface area contributed by atoms with Gasteiger partial charge in [0.15, 0.2) is 0 Å². The number of halogens is 3. The number of benzene rings is 2. The smallest absolute Gasteiger partial charge is 0.111 e. The van der Waals surface area contributed by atoms with Gasteiger partial charge in [0, 0.05) is 11.4 Å². The number of aromatic nitrogens is 2. The lowest BCUT2D eigenvalue weighted by Gasteiger charge is -1.98. The summed E-state index contributed by atoms with van der Waals surface area (Å²) in [6.07, 6.45) is 0.685.